The van der Waals surface area contributed by atoms with Gasteiger partial charge in [-0.15, -0.1) is 0 Å². The van der Waals surface area contributed by atoms with Gasteiger partial charge >= 0.3 is 0 Å². The maximum atomic E-state index is 11.1. The van der Waals surface area contributed by atoms with Crippen LogP contribution in [0.25, 0.3) is 0 Å². The number of aliphatic hydroxyl groups excluding tert-OH is 1. The van der Waals surface area contributed by atoms with E-state index < -0.39 is 16.9 Å². The van der Waals surface area contributed by atoms with Gasteiger partial charge in [-0.25, -0.2) is 0 Å². The number of benzene rings is 1. The zero-order chi connectivity index (χ0) is 14.6. The summed E-state index contributed by atoms with van der Waals surface area (Å²) < 4.78 is 0. The van der Waals surface area contributed by atoms with Crippen LogP contribution in [0.1, 0.15) is 24.2 Å². The summed E-state index contributed by atoms with van der Waals surface area (Å²) in [4.78, 5) is 21.4. The van der Waals surface area contributed by atoms with Crippen molar-refractivity contribution in [1.29, 1.82) is 0 Å². The van der Waals surface area contributed by atoms with E-state index in [-0.39, 0.29) is 29.4 Å². The number of nitrogens with one attached hydrogen (secondary N) is 1. The first-order chi connectivity index (χ1) is 8.82. The Labute approximate surface area is 110 Å². The van der Waals surface area contributed by atoms with Crippen molar-refractivity contribution in [3.63, 3.8) is 0 Å². The lowest BCUT2D eigenvalue weighted by molar-refractivity contribution is -0.384. The van der Waals surface area contributed by atoms with Crippen LogP contribution in [0.2, 0.25) is 0 Å². The number of rotatable bonds is 6. The van der Waals surface area contributed by atoms with Crippen LogP contribution in [0.15, 0.2) is 18.2 Å². The summed E-state index contributed by atoms with van der Waals surface area (Å²) in [6, 6.07) is 3.82. The molecule has 1 rings (SSSR count). The number of nitrogens with two attached hydrogens (primary N) is 1. The standard InChI is InChI=1S/C12H17N3O4/c1-7(2)11(16)6-14-9-5-8(12(13)17)3-4-10(9)15(18)19/h3-5,7,11,14,16H,6H2,1-2H3,(H2,13,17). The third-order valence-corrected chi connectivity index (χ3v) is 2.75. The summed E-state index contributed by atoms with van der Waals surface area (Å²) in [7, 11) is 0. The third-order valence-electron chi connectivity index (χ3n) is 2.75. The summed E-state index contributed by atoms with van der Waals surface area (Å²) in [5.74, 6) is -0.645. The van der Waals surface area contributed by atoms with E-state index in [0.29, 0.717) is 0 Å². The number of carbonyl (C=O) groups excluding carboxylic acids is 1. The second kappa shape index (κ2) is 6.14. The minimum absolute atomic E-state index is 0.0193. The van der Waals surface area contributed by atoms with Crippen LogP contribution in [0.4, 0.5) is 11.4 Å². The van der Waals surface area contributed by atoms with Crippen LogP contribution >= 0.6 is 0 Å². The summed E-state index contributed by atoms with van der Waals surface area (Å²) in [5, 5.41) is 23.3. The molecule has 0 aliphatic carbocycles. The zero-order valence-corrected chi connectivity index (χ0v) is 10.8. The molecule has 1 aromatic carbocycles. The molecule has 0 radical (unpaired) electrons. The highest BCUT2D eigenvalue weighted by Crippen LogP contribution is 2.25. The Hall–Kier alpha value is -2.15. The highest BCUT2D eigenvalue weighted by molar-refractivity contribution is 5.94. The molecule has 0 saturated heterocycles. The molecule has 104 valence electrons. The van der Waals surface area contributed by atoms with Crippen molar-refractivity contribution in [2.45, 2.75) is 20.0 Å². The van der Waals surface area contributed by atoms with Gasteiger partial charge in [0.15, 0.2) is 0 Å². The van der Waals surface area contributed by atoms with Crippen molar-refractivity contribution in [1.82, 2.24) is 0 Å². The molecule has 0 aliphatic heterocycles. The number of anilines is 1. The number of amides is 1. The van der Waals surface area contributed by atoms with Crippen molar-refractivity contribution >= 4 is 17.3 Å². The van der Waals surface area contributed by atoms with Crippen molar-refractivity contribution in [3.8, 4) is 0 Å². The maximum absolute atomic E-state index is 11.1. The van der Waals surface area contributed by atoms with Crippen LogP contribution in [-0.4, -0.2) is 28.6 Å². The quantitative estimate of drug-likeness (QED) is 0.527. The Morgan fingerprint density at radius 3 is 2.63 bits per heavy atom. The molecule has 0 saturated carbocycles. The number of aliphatic hydroxyl groups is 1. The number of hydrogen-bond donors (Lipinski definition) is 3. The van der Waals surface area contributed by atoms with Gasteiger partial charge in [0.25, 0.3) is 5.69 Å². The highest BCUT2D eigenvalue weighted by atomic mass is 16.6. The molecule has 0 aromatic heterocycles. The van der Waals surface area contributed by atoms with Crippen molar-refractivity contribution in [2.24, 2.45) is 11.7 Å². The maximum Gasteiger partial charge on any atom is 0.292 e. The minimum atomic E-state index is -0.664. The monoisotopic (exact) mass is 267 g/mol. The third kappa shape index (κ3) is 3.92. The van der Waals surface area contributed by atoms with E-state index >= 15 is 0 Å². The normalized spacial score (nSPS) is 12.2. The molecule has 1 amide bonds. The fourth-order valence-corrected chi connectivity index (χ4v) is 1.44. The van der Waals surface area contributed by atoms with Gasteiger partial charge in [-0.2, -0.15) is 0 Å². The molecule has 4 N–H and O–H groups in total. The molecule has 19 heavy (non-hydrogen) atoms. The molecular formula is C12H17N3O4. The lowest BCUT2D eigenvalue weighted by Gasteiger charge is -2.16. The summed E-state index contributed by atoms with van der Waals surface area (Å²) in [5.41, 5.74) is 5.30. The van der Waals surface area contributed by atoms with Crippen molar-refractivity contribution < 1.29 is 14.8 Å². The van der Waals surface area contributed by atoms with E-state index in [1.165, 1.54) is 18.2 Å². The number of nitro benzene ring substituents is 1. The highest BCUT2D eigenvalue weighted by Gasteiger charge is 2.17. The molecule has 0 bridgehead atoms. The first-order valence-electron chi connectivity index (χ1n) is 5.83. The average molecular weight is 267 g/mol. The van der Waals surface area contributed by atoms with Crippen molar-refractivity contribution in [2.75, 3.05) is 11.9 Å². The Morgan fingerprint density at radius 2 is 2.16 bits per heavy atom. The van der Waals surface area contributed by atoms with Crippen molar-refractivity contribution in [3.05, 3.63) is 33.9 Å². The van der Waals surface area contributed by atoms with Gasteiger partial charge < -0.3 is 16.2 Å². The lowest BCUT2D eigenvalue weighted by Crippen LogP contribution is -2.25. The number of hydrogen-bond acceptors (Lipinski definition) is 5. The molecule has 1 aromatic rings. The van der Waals surface area contributed by atoms with E-state index in [1.54, 1.807) is 0 Å². The Balaban J connectivity index is 2.98. The molecule has 0 heterocycles. The van der Waals surface area contributed by atoms with Gasteiger partial charge in [-0.1, -0.05) is 13.8 Å². The van der Waals surface area contributed by atoms with Gasteiger partial charge in [0.05, 0.1) is 11.0 Å². The second-order valence-corrected chi connectivity index (χ2v) is 4.55. The molecule has 7 heteroatoms. The summed E-state index contributed by atoms with van der Waals surface area (Å²) >= 11 is 0. The minimum Gasteiger partial charge on any atom is -0.391 e. The van der Waals surface area contributed by atoms with Crippen LogP contribution < -0.4 is 11.1 Å². The summed E-state index contributed by atoms with van der Waals surface area (Å²) in [6.45, 7) is 3.82. The Bertz CT molecular complexity index is 488. The zero-order valence-electron chi connectivity index (χ0n) is 10.8. The largest absolute Gasteiger partial charge is 0.391 e. The van der Waals surface area contributed by atoms with Gasteiger partial charge in [-0.05, 0) is 18.1 Å². The Kier molecular flexibility index (Phi) is 4.82. The first-order valence-corrected chi connectivity index (χ1v) is 5.83. The fourth-order valence-electron chi connectivity index (χ4n) is 1.44. The molecule has 7 nitrogen and oxygen atoms in total. The number of nitrogens with zero attached hydrogens (tertiary/aromatic N) is 1. The lowest BCUT2D eigenvalue weighted by atomic mass is 10.1. The van der Waals surface area contributed by atoms with Crippen LogP contribution in [-0.2, 0) is 0 Å². The van der Waals surface area contributed by atoms with Crippen LogP contribution in [0, 0.1) is 16.0 Å². The first kappa shape index (κ1) is 14.9. The molecule has 1 unspecified atom stereocenters. The fraction of sp³-hybridized carbons (Fsp3) is 0.417. The van der Waals surface area contributed by atoms with E-state index in [0.717, 1.165) is 0 Å². The SMILES string of the molecule is CC(C)C(O)CNc1cc(C(N)=O)ccc1[N+](=O)[O-]. The van der Waals surface area contributed by atoms with Gasteiger partial charge in [0, 0.05) is 18.2 Å². The van der Waals surface area contributed by atoms with E-state index in [1.807, 2.05) is 13.8 Å². The van der Waals surface area contributed by atoms with Gasteiger partial charge in [-0.3, -0.25) is 14.9 Å². The molecule has 0 spiro atoms. The second-order valence-electron chi connectivity index (χ2n) is 4.55. The molecular weight excluding hydrogens is 250 g/mol. The van der Waals surface area contributed by atoms with Crippen LogP contribution in [0.5, 0.6) is 0 Å². The number of carbonyl (C=O) groups is 1. The molecule has 0 aliphatic rings. The smallest absolute Gasteiger partial charge is 0.292 e. The van der Waals surface area contributed by atoms with E-state index in [4.69, 9.17) is 5.73 Å². The van der Waals surface area contributed by atoms with Gasteiger partial charge in [0.2, 0.25) is 5.91 Å². The predicted octanol–water partition coefficient (Wildman–Crippen LogP) is 1.12. The number of primary amides is 1. The summed E-state index contributed by atoms with van der Waals surface area (Å²) in [6.07, 6.45) is -0.642. The molecule has 0 fully saturated rings. The van der Waals surface area contributed by atoms with Gasteiger partial charge in [0.1, 0.15) is 5.69 Å². The number of nitro groups is 1. The predicted molar refractivity (Wildman–Crippen MR) is 70.9 cm³/mol. The van der Waals surface area contributed by atoms with E-state index in [2.05, 4.69) is 5.32 Å². The van der Waals surface area contributed by atoms with E-state index in [9.17, 15) is 20.0 Å². The Morgan fingerprint density at radius 1 is 1.53 bits per heavy atom. The molecule has 1 atom stereocenters. The van der Waals surface area contributed by atoms with Crippen LogP contribution in [0.3, 0.4) is 0 Å². The topological polar surface area (TPSA) is 118 Å². The average Bonchev–Trinajstić information content (AvgIpc) is 2.34.